The molecule has 2 aromatic rings. The number of rotatable bonds is 4. The maximum atomic E-state index is 13.0. The van der Waals surface area contributed by atoms with Crippen LogP contribution < -0.4 is 16.0 Å². The molecule has 5 nitrogen and oxygen atoms in total. The molecule has 1 aliphatic rings. The number of hydrogen-bond donors (Lipinski definition) is 3. The highest BCUT2D eigenvalue weighted by Crippen LogP contribution is 2.36. The van der Waals surface area contributed by atoms with Crippen molar-refractivity contribution in [3.63, 3.8) is 0 Å². The third-order valence-electron chi connectivity index (χ3n) is 4.63. The fourth-order valence-corrected chi connectivity index (χ4v) is 3.10. The van der Waals surface area contributed by atoms with Crippen molar-refractivity contribution in [2.45, 2.75) is 17.9 Å². The third kappa shape index (κ3) is 4.50. The number of carbonyl (C=O) groups excluding carboxylic acids is 2. The van der Waals surface area contributed by atoms with Crippen molar-refractivity contribution in [2.24, 2.45) is 0 Å². The molecular formula is C19H15F6N3O2. The average molecular weight is 431 g/mol. The molecule has 3 rings (SSSR count). The van der Waals surface area contributed by atoms with Gasteiger partial charge in [-0.3, -0.25) is 4.79 Å². The third-order valence-corrected chi connectivity index (χ3v) is 4.63. The summed E-state index contributed by atoms with van der Waals surface area (Å²) in [5.74, 6) is -1.14. The number of carbonyl (C=O) groups is 2. The van der Waals surface area contributed by atoms with E-state index >= 15 is 0 Å². The van der Waals surface area contributed by atoms with Crippen LogP contribution in [0.15, 0.2) is 48.5 Å². The number of alkyl halides is 6. The van der Waals surface area contributed by atoms with Gasteiger partial charge in [-0.1, -0.05) is 30.3 Å². The SMILES string of the molecule is O=C1NCC(CNC(=O)c2cc(C(F)(F)F)cc(C(F)(F)F)c2)(c2ccccc2)N1. The van der Waals surface area contributed by atoms with Gasteiger partial charge < -0.3 is 16.0 Å². The van der Waals surface area contributed by atoms with Crippen LogP contribution >= 0.6 is 0 Å². The van der Waals surface area contributed by atoms with E-state index in [2.05, 4.69) is 16.0 Å². The fraction of sp³-hybridized carbons (Fsp3) is 0.263. The molecule has 0 aliphatic carbocycles. The highest BCUT2D eigenvalue weighted by atomic mass is 19.4. The molecule has 0 aromatic heterocycles. The van der Waals surface area contributed by atoms with E-state index in [4.69, 9.17) is 0 Å². The summed E-state index contributed by atoms with van der Waals surface area (Å²) in [6.45, 7) is -0.196. The molecule has 1 heterocycles. The molecule has 11 heteroatoms. The monoisotopic (exact) mass is 431 g/mol. The van der Waals surface area contributed by atoms with Gasteiger partial charge in [-0.15, -0.1) is 0 Å². The largest absolute Gasteiger partial charge is 0.416 e. The molecular weight excluding hydrogens is 416 g/mol. The van der Waals surface area contributed by atoms with Crippen LogP contribution in [-0.4, -0.2) is 25.0 Å². The smallest absolute Gasteiger partial charge is 0.349 e. The molecule has 1 unspecified atom stereocenters. The molecule has 30 heavy (non-hydrogen) atoms. The van der Waals surface area contributed by atoms with Crippen LogP contribution in [0, 0.1) is 0 Å². The summed E-state index contributed by atoms with van der Waals surface area (Å²) in [6.07, 6.45) is -10.1. The van der Waals surface area contributed by atoms with Gasteiger partial charge in [0.1, 0.15) is 5.54 Å². The molecule has 1 atom stereocenters. The van der Waals surface area contributed by atoms with Crippen molar-refractivity contribution >= 4 is 11.9 Å². The summed E-state index contributed by atoms with van der Waals surface area (Å²) >= 11 is 0. The summed E-state index contributed by atoms with van der Waals surface area (Å²) in [5, 5.41) is 7.50. The molecule has 2 aromatic carbocycles. The van der Waals surface area contributed by atoms with Crippen molar-refractivity contribution in [1.29, 1.82) is 0 Å². The van der Waals surface area contributed by atoms with E-state index in [9.17, 15) is 35.9 Å². The van der Waals surface area contributed by atoms with Crippen molar-refractivity contribution in [2.75, 3.05) is 13.1 Å². The minimum absolute atomic E-state index is 0.0522. The van der Waals surface area contributed by atoms with Crippen molar-refractivity contribution in [1.82, 2.24) is 16.0 Å². The summed E-state index contributed by atoms with van der Waals surface area (Å²) in [7, 11) is 0. The van der Waals surface area contributed by atoms with Crippen molar-refractivity contribution in [3.8, 4) is 0 Å². The first-order valence-corrected chi connectivity index (χ1v) is 8.60. The number of urea groups is 1. The van der Waals surface area contributed by atoms with Gasteiger partial charge in [-0.2, -0.15) is 26.3 Å². The second-order valence-electron chi connectivity index (χ2n) is 6.73. The molecule has 1 saturated heterocycles. The number of hydrogen-bond acceptors (Lipinski definition) is 2. The van der Waals surface area contributed by atoms with Crippen LogP contribution in [0.4, 0.5) is 31.1 Å². The average Bonchev–Trinajstić information content (AvgIpc) is 3.07. The lowest BCUT2D eigenvalue weighted by molar-refractivity contribution is -0.143. The summed E-state index contributed by atoms with van der Waals surface area (Å²) < 4.78 is 78.0. The van der Waals surface area contributed by atoms with E-state index in [0.29, 0.717) is 17.7 Å². The van der Waals surface area contributed by atoms with Crippen molar-refractivity contribution < 1.29 is 35.9 Å². The van der Waals surface area contributed by atoms with Crippen LogP contribution in [0.2, 0.25) is 0 Å². The summed E-state index contributed by atoms with van der Waals surface area (Å²) in [4.78, 5) is 24.1. The Hall–Kier alpha value is -3.24. The Morgan fingerprint density at radius 3 is 2.00 bits per heavy atom. The molecule has 1 aliphatic heterocycles. The summed E-state index contributed by atoms with van der Waals surface area (Å²) in [6, 6.07) is 8.57. The molecule has 0 saturated carbocycles. The van der Waals surface area contributed by atoms with Gasteiger partial charge in [0.25, 0.3) is 5.91 Å². The standard InChI is InChI=1S/C19H15F6N3O2/c20-18(21,22)13-6-11(7-14(8-13)19(23,24)25)15(29)26-9-17(10-27-16(30)28-17)12-4-2-1-3-5-12/h1-8H,9-10H2,(H,26,29)(H2,27,28,30). The zero-order valence-electron chi connectivity index (χ0n) is 15.1. The topological polar surface area (TPSA) is 70.2 Å². The number of benzene rings is 2. The number of amides is 3. The predicted octanol–water partition coefficient (Wildman–Crippen LogP) is 3.66. The van der Waals surface area contributed by atoms with Gasteiger partial charge >= 0.3 is 18.4 Å². The predicted molar refractivity (Wildman–Crippen MR) is 93.4 cm³/mol. The maximum Gasteiger partial charge on any atom is 0.416 e. The van der Waals surface area contributed by atoms with E-state index in [-0.39, 0.29) is 19.2 Å². The lowest BCUT2D eigenvalue weighted by atomic mass is 9.90. The first-order chi connectivity index (χ1) is 13.9. The quantitative estimate of drug-likeness (QED) is 0.647. The lowest BCUT2D eigenvalue weighted by Crippen LogP contribution is -2.50. The van der Waals surface area contributed by atoms with E-state index in [1.54, 1.807) is 30.3 Å². The van der Waals surface area contributed by atoms with Gasteiger partial charge in [-0.05, 0) is 23.8 Å². The Morgan fingerprint density at radius 1 is 0.967 bits per heavy atom. The number of halogens is 6. The van der Waals surface area contributed by atoms with E-state index in [1.165, 1.54) is 0 Å². The van der Waals surface area contributed by atoms with Gasteiger partial charge in [0.2, 0.25) is 0 Å². The van der Waals surface area contributed by atoms with E-state index in [1.807, 2.05) is 0 Å². The Kier molecular flexibility index (Phi) is 5.40. The first kappa shape index (κ1) is 21.5. The van der Waals surface area contributed by atoms with Crippen LogP contribution in [0.3, 0.4) is 0 Å². The Bertz CT molecular complexity index is 927. The molecule has 0 radical (unpaired) electrons. The van der Waals surface area contributed by atoms with Gasteiger partial charge in [0.15, 0.2) is 0 Å². The second kappa shape index (κ2) is 7.54. The first-order valence-electron chi connectivity index (χ1n) is 8.60. The zero-order valence-corrected chi connectivity index (χ0v) is 15.1. The Balaban J connectivity index is 1.89. The molecule has 160 valence electrons. The molecule has 3 amide bonds. The molecule has 1 fully saturated rings. The Morgan fingerprint density at radius 2 is 1.53 bits per heavy atom. The van der Waals surface area contributed by atoms with Crippen molar-refractivity contribution in [3.05, 3.63) is 70.8 Å². The highest BCUT2D eigenvalue weighted by Gasteiger charge is 2.40. The molecule has 3 N–H and O–H groups in total. The zero-order chi connectivity index (χ0) is 22.2. The van der Waals surface area contributed by atoms with Crippen LogP contribution in [0.25, 0.3) is 0 Å². The van der Waals surface area contributed by atoms with Gasteiger partial charge in [0, 0.05) is 18.7 Å². The van der Waals surface area contributed by atoms with E-state index in [0.717, 1.165) is 0 Å². The minimum Gasteiger partial charge on any atom is -0.349 e. The fourth-order valence-electron chi connectivity index (χ4n) is 3.10. The molecule has 0 bridgehead atoms. The summed E-state index contributed by atoms with van der Waals surface area (Å²) in [5.41, 5.74) is -4.48. The van der Waals surface area contributed by atoms with Crippen LogP contribution in [0.1, 0.15) is 27.0 Å². The van der Waals surface area contributed by atoms with E-state index < -0.39 is 46.5 Å². The maximum absolute atomic E-state index is 13.0. The lowest BCUT2D eigenvalue weighted by Gasteiger charge is -2.29. The minimum atomic E-state index is -5.06. The van der Waals surface area contributed by atoms with Gasteiger partial charge in [0.05, 0.1) is 11.1 Å². The second-order valence-corrected chi connectivity index (χ2v) is 6.73. The van der Waals surface area contributed by atoms with Crippen LogP contribution in [-0.2, 0) is 17.9 Å². The Labute approximate surface area is 166 Å². The highest BCUT2D eigenvalue weighted by molar-refractivity contribution is 5.95. The van der Waals surface area contributed by atoms with Gasteiger partial charge in [-0.25, -0.2) is 4.79 Å². The number of nitrogens with one attached hydrogen (secondary N) is 3. The van der Waals surface area contributed by atoms with Crippen LogP contribution in [0.5, 0.6) is 0 Å². The molecule has 0 spiro atoms. The normalized spacial score (nSPS) is 19.2.